The molecule has 32 heavy (non-hydrogen) atoms. The van der Waals surface area contributed by atoms with E-state index in [1.807, 2.05) is 54.6 Å². The molecular weight excluding hydrogens is 400 g/mol. The number of carbonyl (C=O) groups is 1. The smallest absolute Gasteiger partial charge is 0.172 e. The summed E-state index contributed by atoms with van der Waals surface area (Å²) >= 11 is 0. The number of aliphatic hydroxyl groups is 1. The van der Waals surface area contributed by atoms with E-state index in [-0.39, 0.29) is 5.78 Å². The molecule has 0 aromatic heterocycles. The van der Waals surface area contributed by atoms with Gasteiger partial charge >= 0.3 is 0 Å². The Labute approximate surface area is 183 Å². The lowest BCUT2D eigenvalue weighted by Gasteiger charge is -2.37. The van der Waals surface area contributed by atoms with Crippen molar-refractivity contribution in [1.29, 1.82) is 0 Å². The Hall–Kier alpha value is -3.90. The lowest BCUT2D eigenvalue weighted by molar-refractivity contribution is -0.122. The maximum atomic E-state index is 13.5. The molecule has 2 unspecified atom stereocenters. The van der Waals surface area contributed by atoms with Gasteiger partial charge in [0.15, 0.2) is 5.78 Å². The molecule has 6 heteroatoms. The summed E-state index contributed by atoms with van der Waals surface area (Å²) in [6, 6.07) is 20.1. The van der Waals surface area contributed by atoms with Gasteiger partial charge in [-0.3, -0.25) is 9.79 Å². The van der Waals surface area contributed by atoms with Crippen LogP contribution in [0.1, 0.15) is 11.5 Å². The van der Waals surface area contributed by atoms with Crippen LogP contribution < -0.4 is 26.5 Å². The molecule has 7 rings (SSSR count). The molecule has 0 saturated heterocycles. The van der Waals surface area contributed by atoms with E-state index in [1.165, 1.54) is 0 Å². The van der Waals surface area contributed by atoms with Crippen LogP contribution in [0.5, 0.6) is 0 Å². The topological polar surface area (TPSA) is 85.8 Å². The monoisotopic (exact) mass is 420 g/mol. The minimum atomic E-state index is -0.869. The van der Waals surface area contributed by atoms with E-state index in [4.69, 9.17) is 0 Å². The van der Waals surface area contributed by atoms with E-state index < -0.39 is 12.0 Å². The van der Waals surface area contributed by atoms with Crippen LogP contribution in [-0.4, -0.2) is 30.3 Å². The summed E-state index contributed by atoms with van der Waals surface area (Å²) in [6.07, 6.45) is -0.869. The second kappa shape index (κ2) is 6.31. The summed E-state index contributed by atoms with van der Waals surface area (Å²) in [4.78, 5) is 18.1. The number of hydrogen-bond acceptors (Lipinski definition) is 6. The summed E-state index contributed by atoms with van der Waals surface area (Å²) in [6.45, 7) is 1.04. The molecule has 1 saturated carbocycles. The Morgan fingerprint density at radius 1 is 0.844 bits per heavy atom. The van der Waals surface area contributed by atoms with Crippen molar-refractivity contribution in [1.82, 2.24) is 0 Å². The first kappa shape index (κ1) is 17.7. The average Bonchev–Trinajstić information content (AvgIpc) is 2.83. The van der Waals surface area contributed by atoms with Gasteiger partial charge in [0.1, 0.15) is 6.67 Å². The zero-order valence-electron chi connectivity index (χ0n) is 17.1. The van der Waals surface area contributed by atoms with Crippen molar-refractivity contribution in [2.45, 2.75) is 12.0 Å². The van der Waals surface area contributed by atoms with Gasteiger partial charge in [0.2, 0.25) is 0 Å². The van der Waals surface area contributed by atoms with Crippen molar-refractivity contribution in [3.8, 4) is 0 Å². The number of nitrogens with zero attached hydrogens (tertiary/aromatic N) is 1. The van der Waals surface area contributed by atoms with E-state index in [0.29, 0.717) is 18.9 Å². The number of anilines is 3. The number of ketones is 1. The standard InChI is InChI=1S/C26H20N4O2/c31-25-21(15-9-7-13-3-1-5-17-19(13)23(15)29-11-27-17)26(32)22(25)16-10-8-14-4-2-6-18-20(14)24(16)30-12-28-18/h1-10,21,25,27-29,31H,11-12H2. The number of nitrogens with one attached hydrogen (secondary N) is 3. The molecule has 1 aliphatic carbocycles. The van der Waals surface area contributed by atoms with Crippen molar-refractivity contribution in [3.63, 3.8) is 0 Å². The SMILES string of the molecule is O=C1C(=c2ccc3cccc4c3c2=NCN4)C(O)C1c1ccc2cccc3c2c1NCN3. The average molecular weight is 420 g/mol. The normalized spacial score (nSPS) is 22.5. The molecule has 4 aromatic rings. The fourth-order valence-electron chi connectivity index (χ4n) is 5.44. The van der Waals surface area contributed by atoms with Crippen molar-refractivity contribution >= 4 is 50.0 Å². The highest BCUT2D eigenvalue weighted by Gasteiger charge is 2.47. The molecule has 2 heterocycles. The van der Waals surface area contributed by atoms with Crippen LogP contribution in [0.4, 0.5) is 17.1 Å². The largest absolute Gasteiger partial charge is 0.387 e. The first-order valence-electron chi connectivity index (χ1n) is 10.8. The fourth-order valence-corrected chi connectivity index (χ4v) is 5.44. The highest BCUT2D eigenvalue weighted by molar-refractivity contribution is 6.28. The number of aliphatic hydroxyl groups excluding tert-OH is 1. The van der Waals surface area contributed by atoms with Crippen LogP contribution in [0.3, 0.4) is 0 Å². The highest BCUT2D eigenvalue weighted by atomic mass is 16.3. The van der Waals surface area contributed by atoms with Crippen LogP contribution >= 0.6 is 0 Å². The Kier molecular flexibility index (Phi) is 3.50. The molecule has 6 nitrogen and oxygen atoms in total. The van der Waals surface area contributed by atoms with Crippen molar-refractivity contribution in [2.75, 3.05) is 29.3 Å². The van der Waals surface area contributed by atoms with Gasteiger partial charge < -0.3 is 21.1 Å². The molecule has 0 spiro atoms. The molecule has 4 N–H and O–H groups in total. The lowest BCUT2D eigenvalue weighted by Crippen LogP contribution is -2.49. The van der Waals surface area contributed by atoms with E-state index in [9.17, 15) is 9.90 Å². The Balaban J connectivity index is 1.43. The van der Waals surface area contributed by atoms with Crippen molar-refractivity contribution in [2.24, 2.45) is 4.99 Å². The van der Waals surface area contributed by atoms with E-state index in [2.05, 4.69) is 27.0 Å². The summed E-state index contributed by atoms with van der Waals surface area (Å²) in [7, 11) is 0. The molecule has 2 atom stereocenters. The summed E-state index contributed by atoms with van der Waals surface area (Å²) in [5.74, 6) is -0.615. The number of Topliss-reactive ketones (excluding diaryl/α,β-unsaturated/α-hetero) is 1. The molecule has 0 amide bonds. The third kappa shape index (κ3) is 2.22. The number of hydrogen-bond donors (Lipinski definition) is 4. The lowest BCUT2D eigenvalue weighted by atomic mass is 9.69. The first-order chi connectivity index (χ1) is 15.7. The predicted molar refractivity (Wildman–Crippen MR) is 126 cm³/mol. The van der Waals surface area contributed by atoms with Crippen molar-refractivity contribution < 1.29 is 9.90 Å². The van der Waals surface area contributed by atoms with Crippen LogP contribution in [-0.2, 0) is 4.79 Å². The third-order valence-corrected chi connectivity index (χ3v) is 6.93. The van der Waals surface area contributed by atoms with Gasteiger partial charge in [-0.05, 0) is 28.5 Å². The minimum Gasteiger partial charge on any atom is -0.387 e. The molecule has 0 bridgehead atoms. The molecule has 1 fully saturated rings. The highest BCUT2D eigenvalue weighted by Crippen LogP contribution is 2.45. The number of carbonyl (C=O) groups excluding carboxylic acids is 1. The van der Waals surface area contributed by atoms with Gasteiger partial charge in [0.05, 0.1) is 24.0 Å². The van der Waals surface area contributed by atoms with Crippen LogP contribution in [0.15, 0.2) is 65.7 Å². The van der Waals surface area contributed by atoms with Gasteiger partial charge in [-0.25, -0.2) is 0 Å². The van der Waals surface area contributed by atoms with Crippen LogP contribution in [0.2, 0.25) is 0 Å². The van der Waals surface area contributed by atoms with Crippen LogP contribution in [0.25, 0.3) is 27.1 Å². The summed E-state index contributed by atoms with van der Waals surface area (Å²) < 4.78 is 0. The molecule has 4 aromatic carbocycles. The summed E-state index contributed by atoms with van der Waals surface area (Å²) in [5.41, 5.74) is 4.30. The number of rotatable bonds is 1. The second-order valence-corrected chi connectivity index (χ2v) is 8.52. The fraction of sp³-hybridized carbons (Fsp3) is 0.154. The van der Waals surface area contributed by atoms with Crippen LogP contribution in [0, 0.1) is 0 Å². The minimum absolute atomic E-state index is 0.0345. The zero-order valence-corrected chi connectivity index (χ0v) is 17.1. The van der Waals surface area contributed by atoms with Gasteiger partial charge in [-0.15, -0.1) is 0 Å². The zero-order chi connectivity index (χ0) is 21.4. The van der Waals surface area contributed by atoms with E-state index >= 15 is 0 Å². The maximum Gasteiger partial charge on any atom is 0.172 e. The second-order valence-electron chi connectivity index (χ2n) is 8.52. The quantitative estimate of drug-likeness (QED) is 0.381. The van der Waals surface area contributed by atoms with E-state index in [1.54, 1.807) is 0 Å². The number of benzene rings is 4. The third-order valence-electron chi connectivity index (χ3n) is 6.93. The van der Waals surface area contributed by atoms with Gasteiger partial charge in [0.25, 0.3) is 0 Å². The molecule has 2 aliphatic heterocycles. The molecule has 0 radical (unpaired) electrons. The Morgan fingerprint density at radius 3 is 2.41 bits per heavy atom. The van der Waals surface area contributed by atoms with E-state index in [0.717, 1.165) is 54.7 Å². The van der Waals surface area contributed by atoms with Gasteiger partial charge in [0, 0.05) is 38.6 Å². The maximum absolute atomic E-state index is 13.5. The molecule has 156 valence electrons. The Bertz CT molecular complexity index is 1610. The van der Waals surface area contributed by atoms with Gasteiger partial charge in [-0.2, -0.15) is 0 Å². The van der Waals surface area contributed by atoms with Crippen molar-refractivity contribution in [3.05, 3.63) is 76.8 Å². The predicted octanol–water partition coefficient (Wildman–Crippen LogP) is 2.67. The summed E-state index contributed by atoms with van der Waals surface area (Å²) in [5, 5.41) is 27.1. The van der Waals surface area contributed by atoms with Gasteiger partial charge in [-0.1, -0.05) is 48.5 Å². The molecular formula is C26H20N4O2. The first-order valence-corrected chi connectivity index (χ1v) is 10.8. The molecule has 3 aliphatic rings. The Morgan fingerprint density at radius 2 is 1.59 bits per heavy atom.